The first-order valence-corrected chi connectivity index (χ1v) is 9.69. The van der Waals surface area contributed by atoms with E-state index in [1.54, 1.807) is 0 Å². The Morgan fingerprint density at radius 2 is 1.25 bits per heavy atom. The fourth-order valence-electron chi connectivity index (χ4n) is 2.76. The smallest absolute Gasteiger partial charge is 0.328 e. The Hall–Kier alpha value is -1.10. The van der Waals surface area contributed by atoms with Crippen molar-refractivity contribution in [1.82, 2.24) is 5.32 Å². The molecule has 1 amide bonds. The van der Waals surface area contributed by atoms with Crippen LogP contribution in [-0.2, 0) is 9.59 Å². The minimum Gasteiger partial charge on any atom is -0.480 e. The highest BCUT2D eigenvalue weighted by atomic mass is 16.4. The lowest BCUT2D eigenvalue weighted by Gasteiger charge is -2.16. The van der Waals surface area contributed by atoms with Gasteiger partial charge in [-0.1, -0.05) is 77.6 Å². The summed E-state index contributed by atoms with van der Waals surface area (Å²) in [6.45, 7) is 3.60. The van der Waals surface area contributed by atoms with Gasteiger partial charge in [0.1, 0.15) is 0 Å². The summed E-state index contributed by atoms with van der Waals surface area (Å²) in [6.07, 6.45) is 14.0. The highest BCUT2D eigenvalue weighted by molar-refractivity contribution is 5.83. The van der Waals surface area contributed by atoms with Gasteiger partial charge in [0.2, 0.25) is 5.91 Å². The Morgan fingerprint density at radius 3 is 1.62 bits per heavy atom. The monoisotopic (exact) mass is 343 g/mol. The van der Waals surface area contributed by atoms with Gasteiger partial charge in [0, 0.05) is 6.42 Å². The van der Waals surface area contributed by atoms with Crippen LogP contribution in [0.25, 0.3) is 0 Å². The summed E-state index contributed by atoms with van der Waals surface area (Å²) in [7, 11) is 0. The average Bonchev–Trinajstić information content (AvgIpc) is 2.53. The van der Waals surface area contributed by atoms with Crippen LogP contribution in [-0.4, -0.2) is 34.2 Å². The predicted octanol–water partition coefficient (Wildman–Crippen LogP) is 4.03. The Kier molecular flexibility index (Phi) is 14.7. The van der Waals surface area contributed by atoms with Crippen molar-refractivity contribution in [2.45, 2.75) is 109 Å². The average molecular weight is 344 g/mol. The lowest BCUT2D eigenvalue weighted by molar-refractivity contribution is -0.144. The molecular weight excluding hydrogens is 306 g/mol. The van der Waals surface area contributed by atoms with Crippen molar-refractivity contribution < 1.29 is 19.8 Å². The van der Waals surface area contributed by atoms with E-state index in [2.05, 4.69) is 12.2 Å². The zero-order valence-corrected chi connectivity index (χ0v) is 15.6. The normalized spacial score (nSPS) is 13.5. The Balaban J connectivity index is 3.43. The third-order valence-corrected chi connectivity index (χ3v) is 4.32. The number of carboxylic acids is 1. The fraction of sp³-hybridized carbons (Fsp3) is 0.895. The second-order valence-corrected chi connectivity index (χ2v) is 6.76. The molecule has 0 aromatic heterocycles. The predicted molar refractivity (Wildman–Crippen MR) is 96.9 cm³/mol. The first-order chi connectivity index (χ1) is 11.5. The van der Waals surface area contributed by atoms with Gasteiger partial charge in [-0.15, -0.1) is 0 Å². The molecule has 3 N–H and O–H groups in total. The summed E-state index contributed by atoms with van der Waals surface area (Å²) >= 11 is 0. The van der Waals surface area contributed by atoms with Gasteiger partial charge in [-0.3, -0.25) is 4.79 Å². The Bertz CT molecular complexity index is 331. The van der Waals surface area contributed by atoms with Crippen molar-refractivity contribution in [2.75, 3.05) is 0 Å². The number of carboxylic acid groups (broad SMARTS) is 1. The fourth-order valence-corrected chi connectivity index (χ4v) is 2.76. The minimum absolute atomic E-state index is 0.296. The second kappa shape index (κ2) is 15.4. The summed E-state index contributed by atoms with van der Waals surface area (Å²) in [6, 6.07) is -1.21. The molecule has 2 atom stereocenters. The number of rotatable bonds is 16. The van der Waals surface area contributed by atoms with Crippen LogP contribution in [0.4, 0.5) is 0 Å². The van der Waals surface area contributed by atoms with Crippen molar-refractivity contribution in [3.05, 3.63) is 0 Å². The van der Waals surface area contributed by atoms with Crippen LogP contribution in [0.3, 0.4) is 0 Å². The molecule has 0 fully saturated rings. The molecule has 0 unspecified atom stereocenters. The zero-order chi connectivity index (χ0) is 18.2. The number of nitrogens with one attached hydrogen (secondary N) is 1. The highest BCUT2D eigenvalue weighted by Gasteiger charge is 2.24. The van der Waals surface area contributed by atoms with E-state index in [0.717, 1.165) is 19.3 Å². The molecule has 5 nitrogen and oxygen atoms in total. The largest absolute Gasteiger partial charge is 0.480 e. The molecule has 0 aromatic carbocycles. The van der Waals surface area contributed by atoms with E-state index >= 15 is 0 Å². The van der Waals surface area contributed by atoms with Crippen LogP contribution in [0.5, 0.6) is 0 Å². The maximum atomic E-state index is 11.7. The molecule has 0 aliphatic rings. The van der Waals surface area contributed by atoms with Crippen LogP contribution in [0.1, 0.15) is 97.3 Å². The number of hydrogen-bond donors (Lipinski definition) is 3. The quantitative estimate of drug-likeness (QED) is 0.369. The van der Waals surface area contributed by atoms with E-state index < -0.39 is 18.1 Å². The second-order valence-electron chi connectivity index (χ2n) is 6.76. The van der Waals surface area contributed by atoms with Crippen molar-refractivity contribution >= 4 is 11.9 Å². The summed E-state index contributed by atoms with van der Waals surface area (Å²) in [5, 5.41) is 20.6. The summed E-state index contributed by atoms with van der Waals surface area (Å²) in [4.78, 5) is 22.5. The standard InChI is InChI=1S/C19H37NO4/c1-3-4-5-6-7-8-9-10-11-12-13-14-15-17(22)20-18(16(2)21)19(23)24/h16,18,21H,3-15H2,1-2H3,(H,20,22)(H,23,24)/t16-,18+/m1/s1. The van der Waals surface area contributed by atoms with E-state index in [4.69, 9.17) is 5.11 Å². The summed E-state index contributed by atoms with van der Waals surface area (Å²) in [5.41, 5.74) is 0. The van der Waals surface area contributed by atoms with Gasteiger partial charge in [-0.2, -0.15) is 0 Å². The van der Waals surface area contributed by atoms with Crippen LogP contribution in [0.15, 0.2) is 0 Å². The molecule has 24 heavy (non-hydrogen) atoms. The van der Waals surface area contributed by atoms with E-state index in [0.29, 0.717) is 6.42 Å². The SMILES string of the molecule is CCCCCCCCCCCCCCC(=O)N[C@H](C(=O)O)[C@@H](C)O. The Labute approximate surface area is 147 Å². The van der Waals surface area contributed by atoms with Gasteiger partial charge in [0.25, 0.3) is 0 Å². The number of carbonyl (C=O) groups excluding carboxylic acids is 1. The molecule has 0 rings (SSSR count). The van der Waals surface area contributed by atoms with Crippen LogP contribution in [0, 0.1) is 0 Å². The molecular formula is C19H37NO4. The van der Waals surface area contributed by atoms with Crippen molar-refractivity contribution in [3.63, 3.8) is 0 Å². The van der Waals surface area contributed by atoms with Gasteiger partial charge in [0.15, 0.2) is 6.04 Å². The van der Waals surface area contributed by atoms with Gasteiger partial charge >= 0.3 is 5.97 Å². The zero-order valence-electron chi connectivity index (χ0n) is 15.6. The van der Waals surface area contributed by atoms with E-state index in [1.165, 1.54) is 64.7 Å². The first kappa shape index (κ1) is 22.9. The van der Waals surface area contributed by atoms with Crippen molar-refractivity contribution in [2.24, 2.45) is 0 Å². The highest BCUT2D eigenvalue weighted by Crippen LogP contribution is 2.12. The molecule has 0 heterocycles. The van der Waals surface area contributed by atoms with Gasteiger partial charge in [-0.25, -0.2) is 4.79 Å². The molecule has 0 aromatic rings. The number of aliphatic hydroxyl groups excluding tert-OH is 1. The minimum atomic E-state index is -1.21. The molecule has 0 aliphatic heterocycles. The molecule has 0 aliphatic carbocycles. The summed E-state index contributed by atoms with van der Waals surface area (Å²) < 4.78 is 0. The molecule has 5 heteroatoms. The van der Waals surface area contributed by atoms with Gasteiger partial charge < -0.3 is 15.5 Å². The lowest BCUT2D eigenvalue weighted by atomic mass is 10.0. The number of hydrogen-bond acceptors (Lipinski definition) is 3. The summed E-state index contributed by atoms with van der Waals surface area (Å²) in [5.74, 6) is -1.50. The first-order valence-electron chi connectivity index (χ1n) is 9.69. The molecule has 0 saturated heterocycles. The van der Waals surface area contributed by atoms with Crippen LogP contribution >= 0.6 is 0 Å². The van der Waals surface area contributed by atoms with Crippen LogP contribution < -0.4 is 5.32 Å². The molecule has 0 saturated carbocycles. The Morgan fingerprint density at radius 1 is 0.833 bits per heavy atom. The topological polar surface area (TPSA) is 86.6 Å². The maximum Gasteiger partial charge on any atom is 0.328 e. The van der Waals surface area contributed by atoms with Crippen molar-refractivity contribution in [3.8, 4) is 0 Å². The number of amides is 1. The molecule has 0 bridgehead atoms. The number of aliphatic carboxylic acids is 1. The van der Waals surface area contributed by atoms with Gasteiger partial charge in [-0.05, 0) is 13.3 Å². The van der Waals surface area contributed by atoms with E-state index in [-0.39, 0.29) is 5.91 Å². The molecule has 0 spiro atoms. The third-order valence-electron chi connectivity index (χ3n) is 4.32. The third kappa shape index (κ3) is 13.3. The van der Waals surface area contributed by atoms with Crippen LogP contribution in [0.2, 0.25) is 0 Å². The van der Waals surface area contributed by atoms with E-state index in [1.807, 2.05) is 0 Å². The lowest BCUT2D eigenvalue weighted by Crippen LogP contribution is -2.47. The van der Waals surface area contributed by atoms with Crippen molar-refractivity contribution in [1.29, 1.82) is 0 Å². The molecule has 142 valence electrons. The molecule has 0 radical (unpaired) electrons. The number of unbranched alkanes of at least 4 members (excludes halogenated alkanes) is 11. The number of carbonyl (C=O) groups is 2. The number of aliphatic hydroxyl groups is 1. The maximum absolute atomic E-state index is 11.7. The van der Waals surface area contributed by atoms with E-state index in [9.17, 15) is 14.7 Å². The van der Waals surface area contributed by atoms with Gasteiger partial charge in [0.05, 0.1) is 6.10 Å².